The number of carbonyl (C=O) groups excluding carboxylic acids is 1. The summed E-state index contributed by atoms with van der Waals surface area (Å²) < 4.78 is 27.9. The number of nitrogens with zero attached hydrogens (tertiary/aromatic N) is 1. The van der Waals surface area contributed by atoms with Gasteiger partial charge in [-0.1, -0.05) is 20.8 Å². The fourth-order valence-corrected chi connectivity index (χ4v) is 2.41. The molecule has 0 aliphatic rings. The van der Waals surface area contributed by atoms with E-state index in [0.29, 0.717) is 12.1 Å². The Kier molecular flexibility index (Phi) is 4.47. The van der Waals surface area contributed by atoms with Crippen LogP contribution in [0.1, 0.15) is 49.3 Å². The minimum Gasteiger partial charge on any atom is -0.461 e. The summed E-state index contributed by atoms with van der Waals surface area (Å²) in [4.78, 5) is 11.4. The number of nitrogens with two attached hydrogens (primary N) is 1. The lowest BCUT2D eigenvalue weighted by Crippen LogP contribution is -2.19. The zero-order chi connectivity index (χ0) is 13.9. The zero-order valence-corrected chi connectivity index (χ0v) is 11.4. The third-order valence-electron chi connectivity index (χ3n) is 2.24. The van der Waals surface area contributed by atoms with Crippen molar-refractivity contribution in [1.29, 1.82) is 0 Å². The number of nitrogens with one attached hydrogen (secondary N) is 1. The van der Waals surface area contributed by atoms with E-state index in [9.17, 15) is 13.2 Å². The number of hydrogen-bond acceptors (Lipinski definition) is 5. The third kappa shape index (κ3) is 3.08. The van der Waals surface area contributed by atoms with Crippen LogP contribution in [0, 0.1) is 0 Å². The maximum absolute atomic E-state index is 11.7. The topological polar surface area (TPSA) is 115 Å². The van der Waals surface area contributed by atoms with E-state index in [1.54, 1.807) is 13.8 Å². The van der Waals surface area contributed by atoms with Crippen molar-refractivity contribution in [2.75, 3.05) is 6.61 Å². The van der Waals surface area contributed by atoms with Gasteiger partial charge in [0, 0.05) is 0 Å². The summed E-state index contributed by atoms with van der Waals surface area (Å²) in [6, 6.07) is 0. The Bertz CT molecular complexity index is 533. The Morgan fingerprint density at radius 3 is 2.56 bits per heavy atom. The number of primary sulfonamides is 1. The predicted octanol–water partition coefficient (Wildman–Crippen LogP) is 0.747. The third-order valence-corrected chi connectivity index (χ3v) is 3.22. The van der Waals surface area contributed by atoms with E-state index >= 15 is 0 Å². The second kappa shape index (κ2) is 5.49. The number of sulfonamides is 1. The van der Waals surface area contributed by atoms with E-state index in [2.05, 4.69) is 10.2 Å². The number of esters is 1. The van der Waals surface area contributed by atoms with Gasteiger partial charge < -0.3 is 4.74 Å². The van der Waals surface area contributed by atoms with Crippen molar-refractivity contribution in [2.45, 2.75) is 38.0 Å². The van der Waals surface area contributed by atoms with Crippen LogP contribution < -0.4 is 5.14 Å². The quantitative estimate of drug-likeness (QED) is 0.769. The zero-order valence-electron chi connectivity index (χ0n) is 10.6. The maximum Gasteiger partial charge on any atom is 0.360 e. The molecule has 0 aliphatic heterocycles. The van der Waals surface area contributed by atoms with Crippen molar-refractivity contribution in [3.8, 4) is 0 Å². The first-order valence-corrected chi connectivity index (χ1v) is 7.11. The number of hydrogen-bond donors (Lipinski definition) is 2. The number of rotatable bonds is 5. The Morgan fingerprint density at radius 2 is 2.11 bits per heavy atom. The molecule has 8 heteroatoms. The summed E-state index contributed by atoms with van der Waals surface area (Å²) in [7, 11) is -4.03. The molecule has 1 aromatic heterocycles. The summed E-state index contributed by atoms with van der Waals surface area (Å²) in [5.41, 5.74) is 0.0237. The van der Waals surface area contributed by atoms with Gasteiger partial charge in [0.25, 0.3) is 0 Å². The van der Waals surface area contributed by atoms with Crippen LogP contribution in [0.2, 0.25) is 0 Å². The molecule has 1 rings (SSSR count). The summed E-state index contributed by atoms with van der Waals surface area (Å²) in [6.45, 7) is 5.57. The number of carbonyl (C=O) groups is 1. The Morgan fingerprint density at radius 1 is 1.50 bits per heavy atom. The SMILES string of the molecule is CCCOC(=O)c1n[nH]c(C(C)C)c1S(N)(=O)=O. The Hall–Kier alpha value is -1.41. The second-order valence-electron chi connectivity index (χ2n) is 4.15. The van der Waals surface area contributed by atoms with Crippen LogP contribution in [0.3, 0.4) is 0 Å². The van der Waals surface area contributed by atoms with Crippen molar-refractivity contribution in [2.24, 2.45) is 5.14 Å². The molecular formula is C10H17N3O4S. The number of aromatic nitrogens is 2. The molecule has 0 saturated heterocycles. The Balaban J connectivity index is 3.26. The van der Waals surface area contributed by atoms with Crippen LogP contribution in [0.25, 0.3) is 0 Å². The van der Waals surface area contributed by atoms with E-state index in [4.69, 9.17) is 9.88 Å². The van der Waals surface area contributed by atoms with Gasteiger partial charge in [0.15, 0.2) is 5.69 Å². The van der Waals surface area contributed by atoms with Gasteiger partial charge in [0.1, 0.15) is 4.90 Å². The summed E-state index contributed by atoms with van der Waals surface area (Å²) in [5, 5.41) is 11.3. The second-order valence-corrected chi connectivity index (χ2v) is 5.65. The molecule has 0 fully saturated rings. The molecule has 0 unspecified atom stereocenters. The van der Waals surface area contributed by atoms with E-state index in [1.807, 2.05) is 6.92 Å². The smallest absolute Gasteiger partial charge is 0.360 e. The molecule has 0 bridgehead atoms. The Labute approximate surface area is 106 Å². The van der Waals surface area contributed by atoms with Crippen molar-refractivity contribution >= 4 is 16.0 Å². The average molecular weight is 275 g/mol. The molecular weight excluding hydrogens is 258 g/mol. The lowest BCUT2D eigenvalue weighted by molar-refractivity contribution is 0.0493. The molecule has 0 radical (unpaired) electrons. The summed E-state index contributed by atoms with van der Waals surface area (Å²) in [6.07, 6.45) is 0.637. The number of H-pyrrole nitrogens is 1. The molecule has 1 heterocycles. The molecule has 3 N–H and O–H groups in total. The van der Waals surface area contributed by atoms with Gasteiger partial charge in [0.2, 0.25) is 10.0 Å². The lowest BCUT2D eigenvalue weighted by atomic mass is 10.1. The summed E-state index contributed by atoms with van der Waals surface area (Å²) in [5.74, 6) is -0.942. The maximum atomic E-state index is 11.7. The van der Waals surface area contributed by atoms with Gasteiger partial charge in [0.05, 0.1) is 12.3 Å². The minimum atomic E-state index is -4.03. The highest BCUT2D eigenvalue weighted by atomic mass is 32.2. The van der Waals surface area contributed by atoms with Gasteiger partial charge in [-0.15, -0.1) is 0 Å². The van der Waals surface area contributed by atoms with Crippen LogP contribution in [-0.4, -0.2) is 31.2 Å². The van der Waals surface area contributed by atoms with Crippen molar-refractivity contribution in [3.05, 3.63) is 11.4 Å². The van der Waals surface area contributed by atoms with E-state index in [1.165, 1.54) is 0 Å². The molecule has 0 aliphatic carbocycles. The molecule has 0 spiro atoms. The first-order valence-electron chi connectivity index (χ1n) is 5.57. The van der Waals surface area contributed by atoms with Gasteiger partial charge in [-0.05, 0) is 12.3 Å². The highest BCUT2D eigenvalue weighted by Gasteiger charge is 2.29. The standard InChI is InChI=1S/C10H17N3O4S/c1-4-5-17-10(14)8-9(18(11,15)16)7(6(2)3)12-13-8/h6H,4-5H2,1-3H3,(H,12,13)(H2,11,15,16). The predicted molar refractivity (Wildman–Crippen MR) is 64.6 cm³/mol. The van der Waals surface area contributed by atoms with Gasteiger partial charge in [-0.2, -0.15) is 5.10 Å². The van der Waals surface area contributed by atoms with E-state index < -0.39 is 16.0 Å². The highest BCUT2D eigenvalue weighted by Crippen LogP contribution is 2.24. The fourth-order valence-electron chi connectivity index (χ4n) is 1.43. The first-order chi connectivity index (χ1) is 8.29. The largest absolute Gasteiger partial charge is 0.461 e. The van der Waals surface area contributed by atoms with Crippen LogP contribution in [-0.2, 0) is 14.8 Å². The van der Waals surface area contributed by atoms with Crippen molar-refractivity contribution < 1.29 is 17.9 Å². The minimum absolute atomic E-state index is 0.154. The fraction of sp³-hybridized carbons (Fsp3) is 0.600. The van der Waals surface area contributed by atoms with Gasteiger partial charge >= 0.3 is 5.97 Å². The van der Waals surface area contributed by atoms with Crippen LogP contribution in [0.4, 0.5) is 0 Å². The number of aromatic amines is 1. The van der Waals surface area contributed by atoms with E-state index in [0.717, 1.165) is 0 Å². The first kappa shape index (κ1) is 14.7. The monoisotopic (exact) mass is 275 g/mol. The molecule has 102 valence electrons. The van der Waals surface area contributed by atoms with Crippen LogP contribution >= 0.6 is 0 Å². The molecule has 0 saturated carbocycles. The normalized spacial score (nSPS) is 11.8. The molecule has 7 nitrogen and oxygen atoms in total. The van der Waals surface area contributed by atoms with E-state index in [-0.39, 0.29) is 23.1 Å². The molecule has 1 aromatic rings. The number of ether oxygens (including phenoxy) is 1. The van der Waals surface area contributed by atoms with Gasteiger partial charge in [-0.25, -0.2) is 18.4 Å². The molecule has 0 amide bonds. The molecule has 0 aromatic carbocycles. The lowest BCUT2D eigenvalue weighted by Gasteiger charge is -2.06. The van der Waals surface area contributed by atoms with Crippen molar-refractivity contribution in [1.82, 2.24) is 10.2 Å². The molecule has 0 atom stereocenters. The summed E-state index contributed by atoms with van der Waals surface area (Å²) >= 11 is 0. The average Bonchev–Trinajstić information content (AvgIpc) is 2.69. The highest BCUT2D eigenvalue weighted by molar-refractivity contribution is 7.89. The molecule has 18 heavy (non-hydrogen) atoms. The van der Waals surface area contributed by atoms with Gasteiger partial charge in [-0.3, -0.25) is 5.10 Å². The van der Waals surface area contributed by atoms with Crippen molar-refractivity contribution in [3.63, 3.8) is 0 Å². The van der Waals surface area contributed by atoms with Crippen LogP contribution in [0.15, 0.2) is 4.90 Å². The van der Waals surface area contributed by atoms with Crippen LogP contribution in [0.5, 0.6) is 0 Å².